The molecule has 0 saturated carbocycles. The first-order valence-corrected chi connectivity index (χ1v) is 8.85. The zero-order chi connectivity index (χ0) is 19.7. The van der Waals surface area contributed by atoms with E-state index < -0.39 is 11.4 Å². The minimum Gasteiger partial charge on any atom is -0.497 e. The number of fused-ring (bicyclic) bond motifs is 1. The maximum atomic E-state index is 11.8. The number of hydrogen-bond donors (Lipinski definition) is 1. The van der Waals surface area contributed by atoms with E-state index in [-0.39, 0.29) is 0 Å². The topological polar surface area (TPSA) is 79.4 Å². The van der Waals surface area contributed by atoms with Crippen LogP contribution in [-0.4, -0.2) is 30.0 Å². The van der Waals surface area contributed by atoms with Gasteiger partial charge in [-0.25, -0.2) is 4.79 Å². The predicted molar refractivity (Wildman–Crippen MR) is 106 cm³/mol. The number of benzene rings is 2. The second-order valence-electron chi connectivity index (χ2n) is 6.66. The fourth-order valence-corrected chi connectivity index (χ4v) is 3.72. The van der Waals surface area contributed by atoms with Gasteiger partial charge in [0.15, 0.2) is 0 Å². The van der Waals surface area contributed by atoms with Crippen molar-refractivity contribution in [2.45, 2.75) is 11.8 Å². The molecule has 3 aromatic rings. The monoisotopic (exact) mass is 374 g/mol. The summed E-state index contributed by atoms with van der Waals surface area (Å²) in [6.45, 7) is 0. The van der Waals surface area contributed by atoms with E-state index in [9.17, 15) is 4.79 Å². The van der Waals surface area contributed by atoms with Gasteiger partial charge in [0.25, 0.3) is 0 Å². The lowest BCUT2D eigenvalue weighted by Gasteiger charge is -2.35. The van der Waals surface area contributed by atoms with E-state index in [1.807, 2.05) is 54.6 Å². The van der Waals surface area contributed by atoms with Crippen molar-refractivity contribution in [1.82, 2.24) is 9.78 Å². The molecule has 0 aliphatic heterocycles. The molecule has 1 heterocycles. The number of rotatable bonds is 4. The molecule has 1 radical (unpaired) electrons. The molecule has 1 aliphatic rings. The summed E-state index contributed by atoms with van der Waals surface area (Å²) in [7, 11) is 3.28. The van der Waals surface area contributed by atoms with Gasteiger partial charge in [0.1, 0.15) is 17.7 Å². The Morgan fingerprint density at radius 2 is 1.57 bits per heavy atom. The van der Waals surface area contributed by atoms with Gasteiger partial charge in [0, 0.05) is 17.4 Å². The lowest BCUT2D eigenvalue weighted by Crippen LogP contribution is -2.33. The van der Waals surface area contributed by atoms with Crippen LogP contribution >= 0.6 is 0 Å². The zero-order valence-electron chi connectivity index (χ0n) is 15.7. The Balaban J connectivity index is 1.88. The lowest BCUT2D eigenvalue weighted by molar-refractivity contribution is 0.246. The van der Waals surface area contributed by atoms with Crippen molar-refractivity contribution in [1.29, 1.82) is 0 Å². The lowest BCUT2D eigenvalue weighted by atomic mass is 9.68. The summed E-state index contributed by atoms with van der Waals surface area (Å²) in [6, 6.07) is 15.2. The molecule has 4 rings (SSSR count). The Kier molecular flexibility index (Phi) is 4.39. The van der Waals surface area contributed by atoms with Gasteiger partial charge in [-0.15, -0.1) is 0 Å². The van der Waals surface area contributed by atoms with Gasteiger partial charge in [-0.1, -0.05) is 36.4 Å². The number of methoxy groups -OCH3 is 2. The Bertz CT molecular complexity index is 986. The molecule has 2 aromatic carbocycles. The van der Waals surface area contributed by atoms with Crippen LogP contribution in [-0.2, 0) is 11.8 Å². The second kappa shape index (κ2) is 6.88. The summed E-state index contributed by atoms with van der Waals surface area (Å²) in [6.07, 6.45) is 7.47. The van der Waals surface area contributed by atoms with Crippen molar-refractivity contribution < 1.29 is 14.3 Å². The van der Waals surface area contributed by atoms with Crippen molar-refractivity contribution in [2.24, 2.45) is 5.73 Å². The molecule has 6 nitrogen and oxygen atoms in total. The first-order valence-electron chi connectivity index (χ1n) is 8.85. The van der Waals surface area contributed by atoms with Gasteiger partial charge >= 0.3 is 6.03 Å². The largest absolute Gasteiger partial charge is 0.497 e. The highest BCUT2D eigenvalue weighted by Crippen LogP contribution is 2.42. The number of amides is 1. The number of carbonyl (C=O) groups is 1. The van der Waals surface area contributed by atoms with Crippen LogP contribution in [0.5, 0.6) is 11.5 Å². The van der Waals surface area contributed by atoms with E-state index in [2.05, 4.69) is 17.4 Å². The van der Waals surface area contributed by atoms with Crippen LogP contribution in [0.15, 0.2) is 54.6 Å². The molecular formula is C22H20N3O3. The van der Waals surface area contributed by atoms with Crippen molar-refractivity contribution in [3.63, 3.8) is 0 Å². The summed E-state index contributed by atoms with van der Waals surface area (Å²) >= 11 is 0. The van der Waals surface area contributed by atoms with E-state index in [0.29, 0.717) is 6.42 Å². The van der Waals surface area contributed by atoms with Gasteiger partial charge in [-0.3, -0.25) is 0 Å². The average molecular weight is 374 g/mol. The number of carbonyl (C=O) groups excluding carboxylic acids is 1. The number of nitrogens with zero attached hydrogens (tertiary/aromatic N) is 2. The van der Waals surface area contributed by atoms with Crippen molar-refractivity contribution in [2.75, 3.05) is 14.2 Å². The molecule has 1 amide bonds. The van der Waals surface area contributed by atoms with E-state index in [0.717, 1.165) is 33.9 Å². The highest BCUT2D eigenvalue weighted by molar-refractivity contribution is 5.77. The summed E-state index contributed by atoms with van der Waals surface area (Å²) < 4.78 is 11.8. The number of nitrogens with two attached hydrogens (primary N) is 1. The van der Waals surface area contributed by atoms with Crippen molar-refractivity contribution in [3.05, 3.63) is 83.2 Å². The molecule has 0 fully saturated rings. The summed E-state index contributed by atoms with van der Waals surface area (Å²) in [4.78, 5) is 11.8. The van der Waals surface area contributed by atoms with Crippen molar-refractivity contribution >= 4 is 12.1 Å². The molecule has 28 heavy (non-hydrogen) atoms. The minimum absolute atomic E-state index is 0.493. The molecular weight excluding hydrogens is 354 g/mol. The molecule has 2 N–H and O–H groups in total. The van der Waals surface area contributed by atoms with Crippen LogP contribution in [0, 0.1) is 6.20 Å². The van der Waals surface area contributed by atoms with Crippen LogP contribution in [0.1, 0.15) is 22.4 Å². The SMILES string of the molecule is COc1ccc(C2(c3ccc(OC)cc3)C=Cc3[c]nn(C(N)=O)c3C2)cc1. The van der Waals surface area contributed by atoms with E-state index >= 15 is 0 Å². The molecule has 141 valence electrons. The Labute approximate surface area is 163 Å². The van der Waals surface area contributed by atoms with Crippen LogP contribution in [0.3, 0.4) is 0 Å². The first kappa shape index (κ1) is 17.9. The summed E-state index contributed by atoms with van der Waals surface area (Å²) in [5, 5.41) is 4.03. The van der Waals surface area contributed by atoms with E-state index in [1.54, 1.807) is 14.2 Å². The molecule has 6 heteroatoms. The molecule has 0 unspecified atom stereocenters. The van der Waals surface area contributed by atoms with E-state index in [1.165, 1.54) is 4.68 Å². The van der Waals surface area contributed by atoms with Crippen LogP contribution in [0.2, 0.25) is 0 Å². The average Bonchev–Trinajstić information content (AvgIpc) is 3.17. The molecule has 0 spiro atoms. The highest BCUT2D eigenvalue weighted by atomic mass is 16.5. The molecule has 0 saturated heterocycles. The number of hydrogen-bond acceptors (Lipinski definition) is 4. The fraction of sp³-hybridized carbons (Fsp3) is 0.182. The van der Waals surface area contributed by atoms with Crippen molar-refractivity contribution in [3.8, 4) is 11.5 Å². The van der Waals surface area contributed by atoms with Gasteiger partial charge in [-0.05, 0) is 35.4 Å². The van der Waals surface area contributed by atoms with Gasteiger partial charge in [0.2, 0.25) is 0 Å². The third kappa shape index (κ3) is 2.83. The molecule has 1 aliphatic carbocycles. The maximum Gasteiger partial charge on any atom is 0.339 e. The summed E-state index contributed by atoms with van der Waals surface area (Å²) in [5.41, 5.74) is 8.66. The van der Waals surface area contributed by atoms with Gasteiger partial charge in [-0.2, -0.15) is 9.78 Å². The Morgan fingerprint density at radius 3 is 2.04 bits per heavy atom. The Hall–Kier alpha value is -3.54. The quantitative estimate of drug-likeness (QED) is 0.761. The van der Waals surface area contributed by atoms with Crippen LogP contribution in [0.4, 0.5) is 4.79 Å². The fourth-order valence-electron chi connectivity index (χ4n) is 3.72. The number of aromatic nitrogens is 2. The smallest absolute Gasteiger partial charge is 0.339 e. The molecule has 1 aromatic heterocycles. The predicted octanol–water partition coefficient (Wildman–Crippen LogP) is 3.18. The standard InChI is InChI=1S/C22H20N3O3/c1-27-18-7-3-16(4-8-18)22(17-5-9-19(28-2)10-6-17)12-11-15-14-24-25(21(23)26)20(15)13-22/h3-12H,13H2,1-2H3,(H2,23,26). The third-order valence-corrected chi connectivity index (χ3v) is 5.24. The number of primary amides is 1. The van der Waals surface area contributed by atoms with Crippen LogP contribution in [0.25, 0.3) is 6.08 Å². The zero-order valence-corrected chi connectivity index (χ0v) is 15.7. The van der Waals surface area contributed by atoms with E-state index in [4.69, 9.17) is 15.2 Å². The Morgan fingerprint density at radius 1 is 1.04 bits per heavy atom. The van der Waals surface area contributed by atoms with Gasteiger partial charge in [0.05, 0.1) is 19.9 Å². The van der Waals surface area contributed by atoms with Crippen LogP contribution < -0.4 is 15.2 Å². The number of allylic oxidation sites excluding steroid dienone is 1. The first-order chi connectivity index (χ1) is 13.6. The summed E-state index contributed by atoms with van der Waals surface area (Å²) in [5.74, 6) is 1.56. The second-order valence-corrected chi connectivity index (χ2v) is 6.66. The third-order valence-electron chi connectivity index (χ3n) is 5.24. The maximum absolute atomic E-state index is 11.8. The van der Waals surface area contributed by atoms with Gasteiger partial charge < -0.3 is 15.2 Å². The minimum atomic E-state index is -0.619. The molecule has 0 atom stereocenters. The number of ether oxygens (including phenoxy) is 2. The molecule has 0 bridgehead atoms. The normalized spacial score (nSPS) is 14.4. The highest BCUT2D eigenvalue weighted by Gasteiger charge is 2.37.